The molecule has 0 spiro atoms. The van der Waals surface area contributed by atoms with Gasteiger partial charge < -0.3 is 9.64 Å². The van der Waals surface area contributed by atoms with Crippen molar-refractivity contribution in [2.24, 2.45) is 0 Å². The number of likely N-dealkylation sites (tertiary alicyclic amines) is 1. The molecule has 128 valence electrons. The van der Waals surface area contributed by atoms with Crippen molar-refractivity contribution in [1.29, 1.82) is 0 Å². The average Bonchev–Trinajstić information content (AvgIpc) is 3.10. The number of hydrogen-bond acceptors (Lipinski definition) is 4. The molecule has 1 atom stereocenters. The lowest BCUT2D eigenvalue weighted by Crippen LogP contribution is -2.49. The molecule has 1 N–H and O–H groups in total. The summed E-state index contributed by atoms with van der Waals surface area (Å²) in [5, 5.41) is 3.26. The van der Waals surface area contributed by atoms with Crippen molar-refractivity contribution in [3.8, 4) is 0 Å². The van der Waals surface area contributed by atoms with Crippen molar-refractivity contribution in [2.75, 3.05) is 31.3 Å². The van der Waals surface area contributed by atoms with Gasteiger partial charge in [0.05, 0.1) is 18.8 Å². The Bertz CT molecular complexity index is 475. The summed E-state index contributed by atoms with van der Waals surface area (Å²) < 4.78 is 5.98. The van der Waals surface area contributed by atoms with E-state index in [0.717, 1.165) is 50.6 Å². The van der Waals surface area contributed by atoms with Crippen molar-refractivity contribution in [3.05, 3.63) is 35.9 Å². The highest BCUT2D eigenvalue weighted by Crippen LogP contribution is 2.18. The molecule has 2 heterocycles. The van der Waals surface area contributed by atoms with Gasteiger partial charge in [0, 0.05) is 24.7 Å². The first-order chi connectivity index (χ1) is 10.8. The Morgan fingerprint density at radius 1 is 1.26 bits per heavy atom. The maximum Gasteiger partial charge on any atom is 0.240 e. The molecule has 0 bridgehead atoms. The van der Waals surface area contributed by atoms with Crippen molar-refractivity contribution >= 4 is 30.1 Å². The fraction of sp³-hybridized carbons (Fsp3) is 0.588. The van der Waals surface area contributed by atoms with Gasteiger partial charge in [0.1, 0.15) is 0 Å². The van der Waals surface area contributed by atoms with Crippen molar-refractivity contribution in [1.82, 2.24) is 10.2 Å². The number of benzene rings is 1. The molecular formula is C17H25ClN2O2S. The second-order valence-electron chi connectivity index (χ2n) is 5.90. The van der Waals surface area contributed by atoms with Gasteiger partial charge in [-0.2, -0.15) is 0 Å². The van der Waals surface area contributed by atoms with Crippen LogP contribution >= 0.6 is 24.2 Å². The highest BCUT2D eigenvalue weighted by atomic mass is 35.5. The molecule has 1 aromatic carbocycles. The zero-order valence-corrected chi connectivity index (χ0v) is 14.9. The van der Waals surface area contributed by atoms with Gasteiger partial charge in [-0.05, 0) is 24.8 Å². The molecule has 1 amide bonds. The van der Waals surface area contributed by atoms with Crippen LogP contribution in [0.3, 0.4) is 0 Å². The third-order valence-electron chi connectivity index (χ3n) is 4.36. The number of thioether (sulfide) groups is 1. The molecule has 23 heavy (non-hydrogen) atoms. The third-order valence-corrected chi connectivity index (χ3v) is 5.30. The topological polar surface area (TPSA) is 41.6 Å². The van der Waals surface area contributed by atoms with E-state index in [9.17, 15) is 4.79 Å². The monoisotopic (exact) mass is 356 g/mol. The molecule has 1 unspecified atom stereocenters. The second kappa shape index (κ2) is 9.52. The Labute approximate surface area is 148 Å². The predicted molar refractivity (Wildman–Crippen MR) is 97.2 cm³/mol. The zero-order chi connectivity index (χ0) is 15.2. The van der Waals surface area contributed by atoms with Crippen LogP contribution in [0, 0.1) is 0 Å². The lowest BCUT2D eigenvalue weighted by atomic mass is 10.1. The number of rotatable bonds is 5. The first-order valence-corrected chi connectivity index (χ1v) is 9.24. The van der Waals surface area contributed by atoms with E-state index in [1.165, 1.54) is 5.56 Å². The van der Waals surface area contributed by atoms with Crippen LogP contribution in [-0.2, 0) is 16.0 Å². The summed E-state index contributed by atoms with van der Waals surface area (Å²) in [5.41, 5.74) is 1.32. The lowest BCUT2D eigenvalue weighted by molar-refractivity contribution is -0.135. The number of halogens is 1. The second-order valence-corrected chi connectivity index (χ2v) is 6.93. The van der Waals surface area contributed by atoms with E-state index in [1.54, 1.807) is 11.8 Å². The van der Waals surface area contributed by atoms with Gasteiger partial charge in [0.15, 0.2) is 0 Å². The molecule has 2 saturated heterocycles. The van der Waals surface area contributed by atoms with Crippen LogP contribution in [0.5, 0.6) is 0 Å². The van der Waals surface area contributed by atoms with Gasteiger partial charge in [-0.15, -0.1) is 24.2 Å². The molecule has 0 radical (unpaired) electrons. The fourth-order valence-electron chi connectivity index (χ4n) is 3.01. The van der Waals surface area contributed by atoms with Crippen LogP contribution in [0.4, 0.5) is 0 Å². The summed E-state index contributed by atoms with van der Waals surface area (Å²) in [5.74, 6) is 2.08. The number of piperidine rings is 1. The normalized spacial score (nSPS) is 21.9. The van der Waals surface area contributed by atoms with Gasteiger partial charge in [-0.1, -0.05) is 30.3 Å². The summed E-state index contributed by atoms with van der Waals surface area (Å²) in [6.45, 7) is 2.43. The maximum absolute atomic E-state index is 12.3. The predicted octanol–water partition coefficient (Wildman–Crippen LogP) is 2.32. The molecule has 2 fully saturated rings. The van der Waals surface area contributed by atoms with Crippen molar-refractivity contribution < 1.29 is 9.53 Å². The van der Waals surface area contributed by atoms with E-state index in [2.05, 4.69) is 29.6 Å². The molecule has 6 heteroatoms. The first kappa shape index (κ1) is 18.6. The highest BCUT2D eigenvalue weighted by molar-refractivity contribution is 7.99. The number of carbonyl (C=O) groups is 1. The smallest absolute Gasteiger partial charge is 0.240 e. The van der Waals surface area contributed by atoms with Gasteiger partial charge in [-0.25, -0.2) is 0 Å². The largest absolute Gasteiger partial charge is 0.378 e. The summed E-state index contributed by atoms with van der Waals surface area (Å²) in [6, 6.07) is 10.5. The van der Waals surface area contributed by atoms with E-state index in [-0.39, 0.29) is 24.4 Å². The van der Waals surface area contributed by atoms with Crippen LogP contribution in [0.25, 0.3) is 0 Å². The number of nitrogens with zero attached hydrogens (tertiary/aromatic N) is 1. The Morgan fingerprint density at radius 3 is 2.65 bits per heavy atom. The van der Waals surface area contributed by atoms with Crippen molar-refractivity contribution in [3.63, 3.8) is 0 Å². The number of carbonyl (C=O) groups excluding carboxylic acids is 1. The van der Waals surface area contributed by atoms with Crippen LogP contribution in [0.1, 0.15) is 18.4 Å². The van der Waals surface area contributed by atoms with Crippen LogP contribution in [0.2, 0.25) is 0 Å². The van der Waals surface area contributed by atoms with E-state index >= 15 is 0 Å². The summed E-state index contributed by atoms with van der Waals surface area (Å²) in [4.78, 5) is 14.3. The molecule has 4 nitrogen and oxygen atoms in total. The van der Waals surface area contributed by atoms with Gasteiger partial charge >= 0.3 is 0 Å². The van der Waals surface area contributed by atoms with Crippen LogP contribution in [-0.4, -0.2) is 54.3 Å². The Hall–Kier alpha value is -0.750. The molecule has 0 saturated carbocycles. The first-order valence-electron chi connectivity index (χ1n) is 8.08. The molecule has 1 aromatic rings. The van der Waals surface area contributed by atoms with Gasteiger partial charge in [-0.3, -0.25) is 10.1 Å². The number of amides is 1. The minimum atomic E-state index is 0. The maximum atomic E-state index is 12.3. The minimum Gasteiger partial charge on any atom is -0.378 e. The molecule has 0 aromatic heterocycles. The van der Waals surface area contributed by atoms with E-state index in [1.807, 2.05) is 11.0 Å². The average molecular weight is 357 g/mol. The number of hydrogen-bond donors (Lipinski definition) is 1. The quantitative estimate of drug-likeness (QED) is 0.879. The molecular weight excluding hydrogens is 332 g/mol. The van der Waals surface area contributed by atoms with E-state index in [4.69, 9.17) is 4.74 Å². The van der Waals surface area contributed by atoms with Crippen LogP contribution < -0.4 is 5.32 Å². The fourth-order valence-corrected chi connectivity index (χ4v) is 3.94. The van der Waals surface area contributed by atoms with Crippen molar-refractivity contribution in [2.45, 2.75) is 31.4 Å². The third kappa shape index (κ3) is 5.38. The molecule has 2 aliphatic heterocycles. The molecule has 2 aliphatic rings. The SMILES string of the molecule is Cl.O=C(C1CSCN1)N1CCC(OCCc2ccccc2)CC1. The summed E-state index contributed by atoms with van der Waals surface area (Å²) in [7, 11) is 0. The van der Waals surface area contributed by atoms with E-state index in [0.29, 0.717) is 6.10 Å². The molecule has 0 aliphatic carbocycles. The van der Waals surface area contributed by atoms with E-state index < -0.39 is 0 Å². The van der Waals surface area contributed by atoms with Gasteiger partial charge in [0.25, 0.3) is 0 Å². The standard InChI is InChI=1S/C17H24N2O2S.ClH/c20-17(16-12-22-13-18-16)19-9-6-15(7-10-19)21-11-8-14-4-2-1-3-5-14;/h1-5,15-16,18H,6-13H2;1H. The Kier molecular flexibility index (Phi) is 7.70. The minimum absolute atomic E-state index is 0. The molecule has 3 rings (SSSR count). The van der Waals surface area contributed by atoms with Crippen LogP contribution in [0.15, 0.2) is 30.3 Å². The number of ether oxygens (including phenoxy) is 1. The Balaban J connectivity index is 0.00000192. The zero-order valence-electron chi connectivity index (χ0n) is 13.3. The number of nitrogens with one attached hydrogen (secondary N) is 1. The summed E-state index contributed by atoms with van der Waals surface area (Å²) >= 11 is 1.80. The highest BCUT2D eigenvalue weighted by Gasteiger charge is 2.30. The summed E-state index contributed by atoms with van der Waals surface area (Å²) in [6.07, 6.45) is 3.18. The van der Waals surface area contributed by atoms with Gasteiger partial charge in [0.2, 0.25) is 5.91 Å². The lowest BCUT2D eigenvalue weighted by Gasteiger charge is -2.33. The Morgan fingerprint density at radius 2 is 2.00 bits per heavy atom.